The zero-order chi connectivity index (χ0) is 18.5. The van der Waals surface area contributed by atoms with Crippen LogP contribution in [-0.4, -0.2) is 16.4 Å². The minimum Gasteiger partial charge on any atom is -0.252 e. The summed E-state index contributed by atoms with van der Waals surface area (Å²) in [6.45, 7) is 3.87. The molecule has 1 heterocycles. The van der Waals surface area contributed by atoms with Crippen LogP contribution in [0.3, 0.4) is 0 Å². The van der Waals surface area contributed by atoms with Crippen LogP contribution in [-0.2, 0) is 0 Å². The van der Waals surface area contributed by atoms with E-state index in [1.807, 2.05) is 80.6 Å². The average molecular weight is 382 g/mol. The topological polar surface area (TPSA) is 37.6 Å². The summed E-state index contributed by atoms with van der Waals surface area (Å²) in [5.74, 6) is 0. The second-order valence-electron chi connectivity index (χ2n) is 5.76. The van der Waals surface area contributed by atoms with Crippen LogP contribution in [0.1, 0.15) is 25.2 Å². The highest BCUT2D eigenvalue weighted by atomic mass is 35.5. The van der Waals surface area contributed by atoms with E-state index in [-0.39, 0.29) is 0 Å². The van der Waals surface area contributed by atoms with Gasteiger partial charge in [-0.2, -0.15) is 0 Å². The summed E-state index contributed by atoms with van der Waals surface area (Å²) >= 11 is 11.8. The Morgan fingerprint density at radius 3 is 1.42 bits per heavy atom. The molecule has 0 atom stereocenters. The molecule has 0 amide bonds. The van der Waals surface area contributed by atoms with Crippen LogP contribution in [0, 0.1) is 0 Å². The van der Waals surface area contributed by atoms with Crippen molar-refractivity contribution < 1.29 is 0 Å². The first-order valence-corrected chi connectivity index (χ1v) is 8.86. The van der Waals surface area contributed by atoms with E-state index in [0.29, 0.717) is 10.0 Å². The molecule has 3 rings (SSSR count). The van der Waals surface area contributed by atoms with Crippen LogP contribution in [0.15, 0.2) is 76.7 Å². The van der Waals surface area contributed by atoms with Gasteiger partial charge in [0.25, 0.3) is 0 Å². The van der Waals surface area contributed by atoms with Gasteiger partial charge in [0.05, 0.1) is 34.2 Å². The Balaban J connectivity index is 1.87. The summed E-state index contributed by atoms with van der Waals surface area (Å²) in [5.41, 5.74) is 4.95. The maximum atomic E-state index is 5.91. The second-order valence-corrected chi connectivity index (χ2v) is 6.63. The highest BCUT2D eigenvalue weighted by Gasteiger charge is 2.05. The van der Waals surface area contributed by atoms with E-state index < -0.39 is 0 Å². The minimum absolute atomic E-state index is 0.691. The standard InChI is InChI=1S/C21H17Cl2N3/c1-14(24-18-10-6-16(22)7-11-18)20-4-3-5-21(26-20)15(2)25-19-12-8-17(23)9-13-19/h3-13H,1-2H3/b24-14+,25-15+. The van der Waals surface area contributed by atoms with Gasteiger partial charge in [-0.1, -0.05) is 29.3 Å². The fourth-order valence-corrected chi connectivity index (χ4v) is 2.62. The smallest absolute Gasteiger partial charge is 0.0849 e. The second kappa shape index (κ2) is 8.26. The van der Waals surface area contributed by atoms with Crippen LogP contribution in [0.2, 0.25) is 10.0 Å². The van der Waals surface area contributed by atoms with Crippen molar-refractivity contribution >= 4 is 46.0 Å². The van der Waals surface area contributed by atoms with Crippen molar-refractivity contribution in [2.45, 2.75) is 13.8 Å². The van der Waals surface area contributed by atoms with Gasteiger partial charge < -0.3 is 0 Å². The number of hydrogen-bond donors (Lipinski definition) is 0. The highest BCUT2D eigenvalue weighted by molar-refractivity contribution is 6.30. The fraction of sp³-hybridized carbons (Fsp3) is 0.0952. The molecule has 2 aromatic carbocycles. The zero-order valence-corrected chi connectivity index (χ0v) is 16.0. The molecule has 5 heteroatoms. The van der Waals surface area contributed by atoms with E-state index in [4.69, 9.17) is 23.2 Å². The summed E-state index contributed by atoms with van der Waals surface area (Å²) in [4.78, 5) is 13.9. The van der Waals surface area contributed by atoms with Gasteiger partial charge in [-0.3, -0.25) is 9.98 Å². The molecular weight excluding hydrogens is 365 g/mol. The van der Waals surface area contributed by atoms with Crippen molar-refractivity contribution in [3.8, 4) is 0 Å². The van der Waals surface area contributed by atoms with Crippen molar-refractivity contribution in [3.63, 3.8) is 0 Å². The Bertz CT molecular complexity index is 883. The quantitative estimate of drug-likeness (QED) is 0.464. The Hall–Kier alpha value is -2.49. The van der Waals surface area contributed by atoms with E-state index in [1.54, 1.807) is 0 Å². The Morgan fingerprint density at radius 1 is 0.654 bits per heavy atom. The van der Waals surface area contributed by atoms with Gasteiger partial charge in [-0.05, 0) is 74.5 Å². The third-order valence-corrected chi connectivity index (χ3v) is 4.24. The molecule has 3 aromatic rings. The number of rotatable bonds is 4. The molecule has 0 spiro atoms. The van der Waals surface area contributed by atoms with Crippen LogP contribution in [0.5, 0.6) is 0 Å². The van der Waals surface area contributed by atoms with Gasteiger partial charge in [0, 0.05) is 10.0 Å². The molecule has 0 fully saturated rings. The number of nitrogens with zero attached hydrogens (tertiary/aromatic N) is 3. The third kappa shape index (κ3) is 4.78. The summed E-state index contributed by atoms with van der Waals surface area (Å²) in [6.07, 6.45) is 0. The van der Waals surface area contributed by atoms with Gasteiger partial charge in [0.15, 0.2) is 0 Å². The van der Waals surface area contributed by atoms with Crippen LogP contribution < -0.4 is 0 Å². The number of aliphatic imine (C=N–C) groups is 2. The molecule has 0 aliphatic heterocycles. The molecule has 0 bridgehead atoms. The van der Waals surface area contributed by atoms with Crippen molar-refractivity contribution in [3.05, 3.63) is 88.2 Å². The fourth-order valence-electron chi connectivity index (χ4n) is 2.37. The summed E-state index contributed by atoms with van der Waals surface area (Å²) in [6, 6.07) is 20.6. The first kappa shape index (κ1) is 18.3. The number of aromatic nitrogens is 1. The van der Waals surface area contributed by atoms with Crippen molar-refractivity contribution in [1.82, 2.24) is 4.98 Å². The predicted molar refractivity (Wildman–Crippen MR) is 111 cm³/mol. The third-order valence-electron chi connectivity index (χ3n) is 3.74. The van der Waals surface area contributed by atoms with E-state index in [9.17, 15) is 0 Å². The first-order chi connectivity index (χ1) is 12.5. The first-order valence-electron chi connectivity index (χ1n) is 8.11. The van der Waals surface area contributed by atoms with Crippen molar-refractivity contribution in [1.29, 1.82) is 0 Å². The predicted octanol–water partition coefficient (Wildman–Crippen LogP) is 6.67. The Labute approximate surface area is 163 Å². The Morgan fingerprint density at radius 2 is 1.04 bits per heavy atom. The molecular formula is C21H17Cl2N3. The molecule has 0 radical (unpaired) electrons. The summed E-state index contributed by atoms with van der Waals surface area (Å²) in [5, 5.41) is 1.38. The van der Waals surface area contributed by atoms with Crippen LogP contribution in [0.25, 0.3) is 0 Å². The van der Waals surface area contributed by atoms with Crippen molar-refractivity contribution in [2.24, 2.45) is 9.98 Å². The molecule has 130 valence electrons. The molecule has 26 heavy (non-hydrogen) atoms. The lowest BCUT2D eigenvalue weighted by molar-refractivity contribution is 1.24. The normalized spacial score (nSPS) is 12.3. The molecule has 0 aliphatic carbocycles. The van der Waals surface area contributed by atoms with Crippen molar-refractivity contribution in [2.75, 3.05) is 0 Å². The van der Waals surface area contributed by atoms with Crippen LogP contribution >= 0.6 is 23.2 Å². The number of pyridine rings is 1. The number of hydrogen-bond acceptors (Lipinski definition) is 3. The van der Waals surface area contributed by atoms with Gasteiger partial charge >= 0.3 is 0 Å². The van der Waals surface area contributed by atoms with Gasteiger partial charge in [-0.15, -0.1) is 0 Å². The molecule has 3 nitrogen and oxygen atoms in total. The average Bonchev–Trinajstić information content (AvgIpc) is 2.65. The molecule has 0 aliphatic rings. The van der Waals surface area contributed by atoms with Crippen LogP contribution in [0.4, 0.5) is 11.4 Å². The lowest BCUT2D eigenvalue weighted by Gasteiger charge is -2.05. The molecule has 1 aromatic heterocycles. The molecule has 0 unspecified atom stereocenters. The van der Waals surface area contributed by atoms with Gasteiger partial charge in [-0.25, -0.2) is 4.98 Å². The SMILES string of the molecule is C/C(=N\c1ccc(Cl)cc1)c1cccc(/C(C)=N/c2ccc(Cl)cc2)n1. The Kier molecular flexibility index (Phi) is 5.82. The lowest BCUT2D eigenvalue weighted by atomic mass is 10.2. The molecule has 0 saturated heterocycles. The molecule has 0 N–H and O–H groups in total. The van der Waals surface area contributed by atoms with Gasteiger partial charge in [0.1, 0.15) is 0 Å². The highest BCUT2D eigenvalue weighted by Crippen LogP contribution is 2.19. The van der Waals surface area contributed by atoms with E-state index in [0.717, 1.165) is 34.2 Å². The summed E-state index contributed by atoms with van der Waals surface area (Å²) in [7, 11) is 0. The van der Waals surface area contributed by atoms with Gasteiger partial charge in [0.2, 0.25) is 0 Å². The lowest BCUT2D eigenvalue weighted by Crippen LogP contribution is -2.04. The monoisotopic (exact) mass is 381 g/mol. The minimum atomic E-state index is 0.691. The maximum absolute atomic E-state index is 5.91. The van der Waals surface area contributed by atoms with E-state index in [1.165, 1.54) is 0 Å². The summed E-state index contributed by atoms with van der Waals surface area (Å²) < 4.78 is 0. The van der Waals surface area contributed by atoms with E-state index in [2.05, 4.69) is 15.0 Å². The van der Waals surface area contributed by atoms with E-state index >= 15 is 0 Å². The number of benzene rings is 2. The maximum Gasteiger partial charge on any atom is 0.0849 e. The largest absolute Gasteiger partial charge is 0.252 e. The number of halogens is 2. The molecule has 0 saturated carbocycles. The zero-order valence-electron chi connectivity index (χ0n) is 14.4.